The molecule has 1 aliphatic heterocycles. The summed E-state index contributed by atoms with van der Waals surface area (Å²) < 4.78 is 5.89. The van der Waals surface area contributed by atoms with Gasteiger partial charge in [-0.3, -0.25) is 9.88 Å². The summed E-state index contributed by atoms with van der Waals surface area (Å²) in [4.78, 5) is 18.0. The van der Waals surface area contributed by atoms with Crippen molar-refractivity contribution in [1.82, 2.24) is 9.88 Å². The molecule has 0 spiro atoms. The lowest BCUT2D eigenvalue weighted by Gasteiger charge is -2.35. The highest BCUT2D eigenvalue weighted by Gasteiger charge is 2.23. The third kappa shape index (κ3) is 6.45. The first-order valence-corrected chi connectivity index (χ1v) is 10.6. The van der Waals surface area contributed by atoms with Crippen LogP contribution in [-0.4, -0.2) is 35.4 Å². The van der Waals surface area contributed by atoms with Crippen molar-refractivity contribution in [2.75, 3.05) is 19.7 Å². The number of ether oxygens (including phenoxy) is 1. The minimum atomic E-state index is 0.236. The highest BCUT2D eigenvalue weighted by molar-refractivity contribution is 5.75. The summed E-state index contributed by atoms with van der Waals surface area (Å²) in [5, 5.41) is 0. The number of hydrogen-bond acceptors (Lipinski definition) is 4. The topological polar surface area (TPSA) is 42.4 Å². The highest BCUT2D eigenvalue weighted by Crippen LogP contribution is 2.30. The van der Waals surface area contributed by atoms with Crippen LogP contribution in [0.5, 0.6) is 5.75 Å². The molecule has 2 heterocycles. The second kappa shape index (κ2) is 11.0. The molecule has 1 aromatic heterocycles. The van der Waals surface area contributed by atoms with Gasteiger partial charge in [0.25, 0.3) is 0 Å². The maximum Gasteiger partial charge on any atom is 0.130 e. The van der Waals surface area contributed by atoms with Crippen molar-refractivity contribution in [2.24, 2.45) is 0 Å². The van der Waals surface area contributed by atoms with E-state index >= 15 is 0 Å². The molecule has 0 saturated carbocycles. The predicted octanol–water partition coefficient (Wildman–Crippen LogP) is 4.99. The third-order valence-electron chi connectivity index (χ3n) is 5.48. The molecule has 150 valence electrons. The maximum atomic E-state index is 11.1. The van der Waals surface area contributed by atoms with E-state index in [1.807, 2.05) is 30.6 Å². The van der Waals surface area contributed by atoms with E-state index in [1.165, 1.54) is 36.9 Å². The number of benzene rings is 1. The SMILES string of the molecule is CC(=O)CCc1ccc(OCCCCN2CCCC[C@H]2c2cccnc2)cc1. The molecule has 1 saturated heterocycles. The fraction of sp³-hybridized carbons (Fsp3) is 0.500. The zero-order valence-corrected chi connectivity index (χ0v) is 17.0. The summed E-state index contributed by atoms with van der Waals surface area (Å²) in [5.41, 5.74) is 2.54. The van der Waals surface area contributed by atoms with E-state index in [1.54, 1.807) is 6.92 Å². The molecule has 1 atom stereocenters. The number of carbonyl (C=O) groups excluding carboxylic acids is 1. The van der Waals surface area contributed by atoms with Crippen LogP contribution in [0.1, 0.15) is 62.6 Å². The van der Waals surface area contributed by atoms with E-state index in [0.717, 1.165) is 38.2 Å². The second-order valence-electron chi connectivity index (χ2n) is 7.74. The van der Waals surface area contributed by atoms with Crippen molar-refractivity contribution < 1.29 is 9.53 Å². The monoisotopic (exact) mass is 380 g/mol. The summed E-state index contributed by atoms with van der Waals surface area (Å²) in [7, 11) is 0. The molecule has 0 radical (unpaired) electrons. The molecular formula is C24H32N2O2. The average Bonchev–Trinajstić information content (AvgIpc) is 2.74. The van der Waals surface area contributed by atoms with Crippen molar-refractivity contribution in [3.63, 3.8) is 0 Å². The number of carbonyl (C=O) groups is 1. The van der Waals surface area contributed by atoms with Crippen LogP contribution in [0, 0.1) is 0 Å². The zero-order chi connectivity index (χ0) is 19.6. The molecule has 28 heavy (non-hydrogen) atoms. The number of aromatic nitrogens is 1. The Bertz CT molecular complexity index is 715. The minimum Gasteiger partial charge on any atom is -0.494 e. The molecule has 0 aliphatic carbocycles. The van der Waals surface area contributed by atoms with Crippen LogP contribution in [0.3, 0.4) is 0 Å². The first-order chi connectivity index (χ1) is 13.7. The second-order valence-corrected chi connectivity index (χ2v) is 7.74. The normalized spacial score (nSPS) is 17.4. The molecule has 1 fully saturated rings. The Kier molecular flexibility index (Phi) is 8.04. The lowest BCUT2D eigenvalue weighted by atomic mass is 9.96. The summed E-state index contributed by atoms with van der Waals surface area (Å²) in [6.07, 6.45) is 11.3. The van der Waals surface area contributed by atoms with Crippen LogP contribution in [0.4, 0.5) is 0 Å². The predicted molar refractivity (Wildman–Crippen MR) is 113 cm³/mol. The summed E-state index contributed by atoms with van der Waals surface area (Å²) >= 11 is 0. The van der Waals surface area contributed by atoms with Gasteiger partial charge in [0, 0.05) is 24.9 Å². The molecule has 0 N–H and O–H groups in total. The number of unbranched alkanes of at least 4 members (excludes halogenated alkanes) is 1. The van der Waals surface area contributed by atoms with E-state index in [0.29, 0.717) is 12.5 Å². The van der Waals surface area contributed by atoms with Crippen LogP contribution in [-0.2, 0) is 11.2 Å². The smallest absolute Gasteiger partial charge is 0.130 e. The van der Waals surface area contributed by atoms with E-state index in [2.05, 4.69) is 28.1 Å². The number of piperidine rings is 1. The first-order valence-electron chi connectivity index (χ1n) is 10.6. The quantitative estimate of drug-likeness (QED) is 0.545. The number of nitrogens with zero attached hydrogens (tertiary/aromatic N) is 2. The van der Waals surface area contributed by atoms with E-state index in [-0.39, 0.29) is 5.78 Å². The number of rotatable bonds is 10. The Morgan fingerprint density at radius 1 is 1.18 bits per heavy atom. The van der Waals surface area contributed by atoms with Gasteiger partial charge in [0.2, 0.25) is 0 Å². The van der Waals surface area contributed by atoms with Crippen molar-refractivity contribution in [3.8, 4) is 5.75 Å². The molecule has 4 heteroatoms. The molecule has 0 amide bonds. The number of pyridine rings is 1. The van der Waals surface area contributed by atoms with Gasteiger partial charge in [0.15, 0.2) is 0 Å². The lowest BCUT2D eigenvalue weighted by Crippen LogP contribution is -2.34. The zero-order valence-electron chi connectivity index (χ0n) is 17.0. The standard InChI is InChI=1S/C24H32N2O2/c1-20(27)9-10-21-11-13-23(14-12-21)28-18-5-4-17-26-16-3-2-8-24(26)22-7-6-15-25-19-22/h6-7,11-15,19,24H,2-5,8-10,16-18H2,1H3/t24-/m0/s1. The lowest BCUT2D eigenvalue weighted by molar-refractivity contribution is -0.116. The van der Waals surface area contributed by atoms with Crippen LogP contribution < -0.4 is 4.74 Å². The van der Waals surface area contributed by atoms with Gasteiger partial charge >= 0.3 is 0 Å². The Labute approximate surface area is 168 Å². The van der Waals surface area contributed by atoms with Gasteiger partial charge in [0.05, 0.1) is 6.61 Å². The molecule has 1 aromatic carbocycles. The molecular weight excluding hydrogens is 348 g/mol. The number of hydrogen-bond donors (Lipinski definition) is 0. The number of ketones is 1. The fourth-order valence-corrected chi connectivity index (χ4v) is 3.89. The molecule has 4 nitrogen and oxygen atoms in total. The van der Waals surface area contributed by atoms with Crippen LogP contribution in [0.25, 0.3) is 0 Å². The molecule has 3 rings (SSSR count). The molecule has 2 aromatic rings. The Morgan fingerprint density at radius 2 is 2.04 bits per heavy atom. The summed E-state index contributed by atoms with van der Waals surface area (Å²) in [5.74, 6) is 1.15. The maximum absolute atomic E-state index is 11.1. The number of likely N-dealkylation sites (tertiary alicyclic amines) is 1. The van der Waals surface area contributed by atoms with Gasteiger partial charge in [-0.25, -0.2) is 0 Å². The molecule has 0 unspecified atom stereocenters. The fourth-order valence-electron chi connectivity index (χ4n) is 3.89. The van der Waals surface area contributed by atoms with Crippen LogP contribution >= 0.6 is 0 Å². The van der Waals surface area contributed by atoms with Gasteiger partial charge in [-0.2, -0.15) is 0 Å². The van der Waals surface area contributed by atoms with Crippen molar-refractivity contribution in [3.05, 3.63) is 59.9 Å². The highest BCUT2D eigenvalue weighted by atomic mass is 16.5. The number of Topliss-reactive ketones (excluding diaryl/α,β-unsaturated/α-hetero) is 1. The van der Waals surface area contributed by atoms with Crippen molar-refractivity contribution in [1.29, 1.82) is 0 Å². The largest absolute Gasteiger partial charge is 0.494 e. The Balaban J connectivity index is 1.37. The number of aryl methyl sites for hydroxylation is 1. The van der Waals surface area contributed by atoms with E-state index in [9.17, 15) is 4.79 Å². The Morgan fingerprint density at radius 3 is 2.79 bits per heavy atom. The van der Waals surface area contributed by atoms with E-state index < -0.39 is 0 Å². The molecule has 1 aliphatic rings. The van der Waals surface area contributed by atoms with Crippen LogP contribution in [0.2, 0.25) is 0 Å². The average molecular weight is 381 g/mol. The van der Waals surface area contributed by atoms with Gasteiger partial charge in [-0.05, 0) is 81.4 Å². The minimum absolute atomic E-state index is 0.236. The van der Waals surface area contributed by atoms with Gasteiger partial charge < -0.3 is 9.53 Å². The summed E-state index contributed by atoms with van der Waals surface area (Å²) in [6.45, 7) is 4.69. The van der Waals surface area contributed by atoms with Gasteiger partial charge in [-0.1, -0.05) is 24.6 Å². The molecule has 0 bridgehead atoms. The summed E-state index contributed by atoms with van der Waals surface area (Å²) in [6, 6.07) is 12.9. The van der Waals surface area contributed by atoms with E-state index in [4.69, 9.17) is 4.74 Å². The Hall–Kier alpha value is -2.20. The van der Waals surface area contributed by atoms with Crippen molar-refractivity contribution in [2.45, 2.75) is 57.9 Å². The third-order valence-corrected chi connectivity index (χ3v) is 5.48. The van der Waals surface area contributed by atoms with Gasteiger partial charge in [0.1, 0.15) is 11.5 Å². The van der Waals surface area contributed by atoms with Crippen LogP contribution in [0.15, 0.2) is 48.8 Å². The van der Waals surface area contributed by atoms with Crippen molar-refractivity contribution >= 4 is 5.78 Å². The first kappa shape index (κ1) is 20.5. The van der Waals surface area contributed by atoms with Gasteiger partial charge in [-0.15, -0.1) is 0 Å².